The molecule has 0 saturated heterocycles. The third-order valence-corrected chi connectivity index (χ3v) is 14.1. The van der Waals surface area contributed by atoms with Crippen LogP contribution < -0.4 is 10.00 Å². The van der Waals surface area contributed by atoms with E-state index in [4.69, 9.17) is 15.3 Å². The van der Waals surface area contributed by atoms with Gasteiger partial charge >= 0.3 is 30.5 Å². The van der Waals surface area contributed by atoms with Gasteiger partial charge in [-0.3, -0.25) is 45.6 Å². The van der Waals surface area contributed by atoms with Crippen molar-refractivity contribution < 1.29 is 200 Å². The van der Waals surface area contributed by atoms with Gasteiger partial charge in [0.05, 0.1) is 11.5 Å². The maximum Gasteiger partial charge on any atom is 0.429 e. The van der Waals surface area contributed by atoms with Crippen LogP contribution in [0.25, 0.3) is 67.8 Å². The second-order valence-corrected chi connectivity index (χ2v) is 23.5. The second-order valence-electron chi connectivity index (χ2n) is 23.5. The van der Waals surface area contributed by atoms with Crippen LogP contribution in [0.15, 0.2) is 262 Å². The van der Waals surface area contributed by atoms with Crippen molar-refractivity contribution in [3.8, 4) is 67.8 Å². The summed E-state index contributed by atoms with van der Waals surface area (Å²) in [4.78, 5) is 66.4. The van der Waals surface area contributed by atoms with Gasteiger partial charge in [-0.1, -0.05) is 107 Å². The maximum atomic E-state index is 13.4. The number of benzene rings is 5. The molecular formula is C85H60F16Ir5N12O6-6. The predicted octanol–water partition coefficient (Wildman–Crippen LogP) is 20.2. The molecule has 0 bridgehead atoms. The summed E-state index contributed by atoms with van der Waals surface area (Å²) in [6, 6.07) is 59.3. The number of nitrogens with zero attached hydrogens (tertiary/aromatic N) is 12. The third-order valence-electron chi connectivity index (χ3n) is 14.1. The summed E-state index contributed by atoms with van der Waals surface area (Å²) in [6.45, 7) is 4.73. The first-order valence-corrected chi connectivity index (χ1v) is 33.7. The number of aromatic nitrogens is 11. The fourth-order valence-corrected chi connectivity index (χ4v) is 8.81. The molecule has 18 nitrogen and oxygen atoms in total. The molecule has 0 unspecified atom stereocenters. The predicted molar refractivity (Wildman–Crippen MR) is 404 cm³/mol. The molecule has 14 rings (SSSR count). The SMILES string of the molecule is CC(=O)C=C(C)O.CN(C)c1ccnc(-c2[c-]cc(F)cc2)c1.Cc1ccnc(-c2[c-]cc(F)cc2F)c1.FC(F)(F)c1[c-]c(-c2ccccn2)cc(C(F)(F)F)c1.FC(F)(F)c1n[n-]c(-c2ccccn2)n1.Fc1c[c-]c(-c2ccccn2)c(F)c1.Fc1c[c-]c(-c2ccccn2)c(F)c1.O=C(O)c1ccccn1.O=C(O)c1ccccn1.[Ir].[Ir].[Ir].[Ir].[Ir]. The van der Waals surface area contributed by atoms with E-state index in [0.29, 0.717) is 23.1 Å². The fourth-order valence-electron chi connectivity index (χ4n) is 8.81. The Labute approximate surface area is 765 Å². The number of aryl methyl sites for hydroxylation is 1. The van der Waals surface area contributed by atoms with Crippen LogP contribution in [-0.2, 0) is 124 Å². The molecule has 0 aliphatic heterocycles. The Bertz CT molecular complexity index is 5410. The second kappa shape index (κ2) is 54.9. The molecule has 0 amide bonds. The number of pyridine rings is 8. The Morgan fingerprint density at radius 2 is 0.806 bits per heavy atom. The van der Waals surface area contributed by atoms with Gasteiger partial charge in [0.2, 0.25) is 0 Å². The zero-order valence-corrected chi connectivity index (χ0v) is 75.9. The van der Waals surface area contributed by atoms with Crippen molar-refractivity contribution in [2.24, 2.45) is 0 Å². The number of aliphatic hydroxyl groups is 1. The number of rotatable bonds is 10. The largest absolute Gasteiger partial charge is 0.512 e. The number of alkyl halides is 9. The molecule has 0 atom stereocenters. The molecule has 0 saturated carbocycles. The molecule has 39 heteroatoms. The molecule has 5 radical (unpaired) electrons. The van der Waals surface area contributed by atoms with E-state index >= 15 is 0 Å². The van der Waals surface area contributed by atoms with Crippen LogP contribution in [0.4, 0.5) is 75.9 Å². The fraction of sp³-hybridized carbons (Fsp3) is 0.0941. The molecule has 659 valence electrons. The first-order valence-electron chi connectivity index (χ1n) is 33.7. The average molecular weight is 2610 g/mol. The van der Waals surface area contributed by atoms with Gasteiger partial charge in [-0.15, -0.1) is 90.0 Å². The van der Waals surface area contributed by atoms with Gasteiger partial charge in [-0.25, -0.2) is 19.6 Å². The first-order chi connectivity index (χ1) is 56.4. The molecule has 0 fully saturated rings. The Balaban J connectivity index is 0.000000703. The summed E-state index contributed by atoms with van der Waals surface area (Å²) >= 11 is 0. The number of ketones is 1. The van der Waals surface area contributed by atoms with E-state index in [-0.39, 0.29) is 175 Å². The normalized spacial score (nSPS) is 10.2. The number of carbonyl (C=O) groups is 3. The molecule has 3 N–H and O–H groups in total. The Hall–Kier alpha value is -11.5. The number of hydrogen-bond donors (Lipinski definition) is 3. The molecular weight excluding hydrogens is 2550 g/mol. The van der Waals surface area contributed by atoms with Gasteiger partial charge < -0.3 is 55.2 Å². The summed E-state index contributed by atoms with van der Waals surface area (Å²) in [5.41, 5.74) is 2.75. The van der Waals surface area contributed by atoms with Crippen molar-refractivity contribution in [1.29, 1.82) is 0 Å². The number of carbonyl (C=O) groups excluding carboxylic acids is 1. The third kappa shape index (κ3) is 38.9. The van der Waals surface area contributed by atoms with Crippen LogP contribution in [0.2, 0.25) is 0 Å². The van der Waals surface area contributed by atoms with Crippen LogP contribution >= 0.6 is 0 Å². The van der Waals surface area contributed by atoms with Crippen molar-refractivity contribution in [2.45, 2.75) is 39.3 Å². The zero-order valence-electron chi connectivity index (χ0n) is 63.9. The van der Waals surface area contributed by atoms with E-state index in [9.17, 15) is 84.6 Å². The van der Waals surface area contributed by atoms with Crippen LogP contribution in [0.3, 0.4) is 0 Å². The van der Waals surface area contributed by atoms with E-state index in [1.165, 1.54) is 93.2 Å². The molecule has 9 heterocycles. The standard InChI is InChI=1S/C13H6F6N.C13H12FN2.C12H8F2N.2C11H6F2N.C8H4F3N4.2C6H5NO2.C5H8O2.5Ir/c14-12(15,16)9-5-8(11-3-1-2-4-20-11)6-10(7-9)13(17,18)19;1-16(2)12-7-8-15-13(9-12)10-3-5-11(14)6-4-10;1-8-4-5-15-12(6-8)10-3-2-9(13)7-11(10)14;2*12-8-4-5-9(10(13)7-8)11-3-1-2-6-14-11;9-8(10,11)7-13-6(14-15-7)5-3-1-2-4-12-5;2*8-6(9)5-3-1-2-4-7-5;1-4(6)3-5(2)7;;;;;/h1-5,7H;3,5-9H,1-2H3;2,4-7H,1H3;2*1-4,6-7H;1-4H;2*1-4H,(H,8,9);3,6H,1-2H3;;;;;/q6*-1;;;;;;;;. The van der Waals surface area contributed by atoms with E-state index < -0.39 is 82.3 Å². The van der Waals surface area contributed by atoms with E-state index in [1.807, 2.05) is 50.2 Å². The van der Waals surface area contributed by atoms with Crippen molar-refractivity contribution >= 4 is 23.4 Å². The van der Waals surface area contributed by atoms with Gasteiger partial charge in [0.1, 0.15) is 17.2 Å². The number of carboxylic acids is 2. The smallest absolute Gasteiger partial charge is 0.429 e. The number of aromatic carboxylic acids is 2. The number of carboxylic acid groups (broad SMARTS) is 2. The van der Waals surface area contributed by atoms with E-state index in [2.05, 4.69) is 79.3 Å². The van der Waals surface area contributed by atoms with Crippen LogP contribution in [-0.4, -0.2) is 97.1 Å². The minimum Gasteiger partial charge on any atom is -0.512 e. The Morgan fingerprint density at radius 1 is 0.403 bits per heavy atom. The average Bonchev–Trinajstić information content (AvgIpc) is 0.904. The van der Waals surface area contributed by atoms with Gasteiger partial charge in [0.15, 0.2) is 5.78 Å². The van der Waals surface area contributed by atoms with Crippen molar-refractivity contribution in [1.82, 2.24) is 55.1 Å². The van der Waals surface area contributed by atoms with E-state index in [0.717, 1.165) is 58.9 Å². The number of hydrogen-bond acceptors (Lipinski definition) is 15. The molecule has 0 spiro atoms. The van der Waals surface area contributed by atoms with Gasteiger partial charge in [-0.05, 0) is 133 Å². The summed E-state index contributed by atoms with van der Waals surface area (Å²) in [5.74, 6) is -7.55. The number of allylic oxidation sites excluding steroid dienone is 2. The van der Waals surface area contributed by atoms with Crippen molar-refractivity contribution in [2.75, 3.05) is 19.0 Å². The minimum atomic E-state index is -4.91. The Kier molecular flexibility index (Phi) is 48.9. The quantitative estimate of drug-likeness (QED) is 0.0497. The zero-order chi connectivity index (χ0) is 87.4. The van der Waals surface area contributed by atoms with Crippen LogP contribution in [0.1, 0.15) is 57.3 Å². The summed E-state index contributed by atoms with van der Waals surface area (Å²) in [7, 11) is 3.93. The summed E-state index contributed by atoms with van der Waals surface area (Å²) in [5, 5.41) is 31.3. The summed E-state index contributed by atoms with van der Waals surface area (Å²) in [6.07, 6.45) is -1.16. The minimum absolute atomic E-state index is 0. The van der Waals surface area contributed by atoms with E-state index in [1.54, 1.807) is 110 Å². The molecule has 0 aliphatic carbocycles. The van der Waals surface area contributed by atoms with Gasteiger partial charge in [0.25, 0.3) is 0 Å². The molecule has 124 heavy (non-hydrogen) atoms. The van der Waals surface area contributed by atoms with Crippen molar-refractivity contribution in [3.05, 3.63) is 367 Å². The monoisotopic (exact) mass is 2610 g/mol. The number of anilines is 1. The molecule has 5 aromatic carbocycles. The van der Waals surface area contributed by atoms with Gasteiger partial charge in [-0.2, -0.15) is 39.5 Å². The number of aliphatic hydroxyl groups excluding tert-OH is 1. The summed E-state index contributed by atoms with van der Waals surface area (Å²) < 4.78 is 203. The topological polar surface area (TPSA) is 258 Å². The van der Waals surface area contributed by atoms with Crippen LogP contribution in [0, 0.1) is 78.0 Å². The first kappa shape index (κ1) is 111. The number of halogens is 16. The molecule has 0 aliphatic rings. The van der Waals surface area contributed by atoms with Gasteiger partial charge in [0, 0.05) is 217 Å². The molecule has 14 aromatic rings. The molecule has 9 aromatic heterocycles. The van der Waals surface area contributed by atoms with Crippen LogP contribution in [0.5, 0.6) is 0 Å². The maximum absolute atomic E-state index is 13.4. The Morgan fingerprint density at radius 3 is 1.14 bits per heavy atom. The van der Waals surface area contributed by atoms with Crippen molar-refractivity contribution in [3.63, 3.8) is 0 Å².